The van der Waals surface area contributed by atoms with Gasteiger partial charge in [-0.05, 0) is 43.7 Å². The number of carbonyl (C=O) groups is 2. The highest BCUT2D eigenvalue weighted by atomic mass is 32.1. The molecule has 1 fully saturated rings. The van der Waals surface area contributed by atoms with E-state index in [0.29, 0.717) is 12.8 Å². The number of carboxylic acids is 1. The van der Waals surface area contributed by atoms with Crippen LogP contribution in [0, 0.1) is 5.92 Å². The molecule has 0 spiro atoms. The molecule has 0 aromatic carbocycles. The van der Waals surface area contributed by atoms with Crippen LogP contribution < -0.4 is 5.32 Å². The van der Waals surface area contributed by atoms with E-state index in [2.05, 4.69) is 5.32 Å². The topological polar surface area (TPSA) is 66.4 Å². The van der Waals surface area contributed by atoms with Crippen LogP contribution in [0.25, 0.3) is 0 Å². The highest BCUT2D eigenvalue weighted by molar-refractivity contribution is 7.14. The third kappa shape index (κ3) is 2.03. The fourth-order valence-electron chi connectivity index (χ4n) is 2.63. The Hall–Kier alpha value is -1.36. The summed E-state index contributed by atoms with van der Waals surface area (Å²) in [6.07, 6.45) is 4.51. The molecule has 2 aliphatic rings. The fourth-order valence-corrected chi connectivity index (χ4v) is 3.79. The van der Waals surface area contributed by atoms with E-state index in [1.165, 1.54) is 16.9 Å². The largest absolute Gasteiger partial charge is 0.481 e. The second-order valence-electron chi connectivity index (χ2n) is 5.09. The van der Waals surface area contributed by atoms with Crippen molar-refractivity contribution in [3.63, 3.8) is 0 Å². The summed E-state index contributed by atoms with van der Waals surface area (Å²) in [6, 6.07) is 2.03. The Morgan fingerprint density at radius 1 is 1.33 bits per heavy atom. The molecular weight excluding hydrogens is 250 g/mol. The lowest BCUT2D eigenvalue weighted by Gasteiger charge is -2.32. The van der Waals surface area contributed by atoms with E-state index in [1.807, 2.05) is 6.07 Å². The van der Waals surface area contributed by atoms with Gasteiger partial charge in [0.25, 0.3) is 5.91 Å². The lowest BCUT2D eigenvalue weighted by atomic mass is 9.80. The summed E-state index contributed by atoms with van der Waals surface area (Å²) in [5.74, 6) is -1.07. The van der Waals surface area contributed by atoms with E-state index in [0.717, 1.165) is 17.7 Å². The molecule has 0 radical (unpaired) electrons. The quantitative estimate of drug-likeness (QED) is 0.876. The number of fused-ring (bicyclic) bond motifs is 1. The average Bonchev–Trinajstić information content (AvgIpc) is 2.81. The number of carboxylic acid groups (broad SMARTS) is 1. The van der Waals surface area contributed by atoms with Gasteiger partial charge in [-0.2, -0.15) is 0 Å². The minimum Gasteiger partial charge on any atom is -0.481 e. The number of aryl methyl sites for hydroxylation is 2. The molecule has 1 heterocycles. The molecule has 0 aliphatic heterocycles. The van der Waals surface area contributed by atoms with Gasteiger partial charge in [-0.3, -0.25) is 9.59 Å². The fraction of sp³-hybridized carbons (Fsp3) is 0.538. The number of thiophene rings is 1. The van der Waals surface area contributed by atoms with Gasteiger partial charge in [0.05, 0.1) is 10.8 Å². The van der Waals surface area contributed by atoms with Crippen molar-refractivity contribution in [3.8, 4) is 0 Å². The monoisotopic (exact) mass is 265 g/mol. The maximum absolute atomic E-state index is 12.0. The third-order valence-corrected chi connectivity index (χ3v) is 5.03. The number of hydrogen-bond donors (Lipinski definition) is 2. The van der Waals surface area contributed by atoms with E-state index in [1.54, 1.807) is 11.3 Å². The summed E-state index contributed by atoms with van der Waals surface area (Å²) >= 11 is 1.59. The highest BCUT2D eigenvalue weighted by Crippen LogP contribution is 2.32. The van der Waals surface area contributed by atoms with Crippen LogP contribution >= 0.6 is 11.3 Å². The number of carbonyl (C=O) groups excluding carboxylic acids is 1. The highest BCUT2D eigenvalue weighted by Gasteiger charge is 2.35. The van der Waals surface area contributed by atoms with Gasteiger partial charge in [-0.15, -0.1) is 11.3 Å². The first kappa shape index (κ1) is 11.7. The molecule has 1 saturated carbocycles. The maximum atomic E-state index is 12.0. The van der Waals surface area contributed by atoms with Crippen LogP contribution in [0.4, 0.5) is 0 Å². The zero-order chi connectivity index (χ0) is 12.7. The summed E-state index contributed by atoms with van der Waals surface area (Å²) in [7, 11) is 0. The summed E-state index contributed by atoms with van der Waals surface area (Å²) in [4.78, 5) is 24.8. The van der Waals surface area contributed by atoms with Crippen molar-refractivity contribution in [2.24, 2.45) is 5.92 Å². The Labute approximate surface area is 109 Å². The zero-order valence-corrected chi connectivity index (χ0v) is 10.8. The molecule has 1 aromatic heterocycles. The predicted molar refractivity (Wildman–Crippen MR) is 68.0 cm³/mol. The molecule has 18 heavy (non-hydrogen) atoms. The number of hydrogen-bond acceptors (Lipinski definition) is 3. The summed E-state index contributed by atoms with van der Waals surface area (Å²) in [6.45, 7) is 0. The molecule has 5 heteroatoms. The van der Waals surface area contributed by atoms with Crippen LogP contribution in [0.5, 0.6) is 0 Å². The summed E-state index contributed by atoms with van der Waals surface area (Å²) in [5, 5.41) is 11.7. The van der Waals surface area contributed by atoms with Crippen LogP contribution in [0.2, 0.25) is 0 Å². The van der Waals surface area contributed by atoms with E-state index in [9.17, 15) is 9.59 Å². The van der Waals surface area contributed by atoms with E-state index < -0.39 is 5.97 Å². The van der Waals surface area contributed by atoms with E-state index in [4.69, 9.17) is 5.11 Å². The maximum Gasteiger partial charge on any atom is 0.306 e. The van der Waals surface area contributed by atoms with Gasteiger partial charge in [-0.25, -0.2) is 0 Å². The van der Waals surface area contributed by atoms with Crippen molar-refractivity contribution in [2.75, 3.05) is 0 Å². The molecular formula is C13H15NO3S. The van der Waals surface area contributed by atoms with Crippen LogP contribution in [0.1, 0.15) is 39.4 Å². The number of rotatable bonds is 3. The molecule has 0 unspecified atom stereocenters. The molecule has 2 aliphatic carbocycles. The van der Waals surface area contributed by atoms with Crippen LogP contribution in [-0.4, -0.2) is 23.0 Å². The average molecular weight is 265 g/mol. The number of aliphatic carboxylic acids is 1. The van der Waals surface area contributed by atoms with Crippen LogP contribution in [0.3, 0.4) is 0 Å². The van der Waals surface area contributed by atoms with Gasteiger partial charge in [0.15, 0.2) is 0 Å². The van der Waals surface area contributed by atoms with Crippen molar-refractivity contribution in [1.82, 2.24) is 5.32 Å². The van der Waals surface area contributed by atoms with Gasteiger partial charge in [0, 0.05) is 10.9 Å². The summed E-state index contributed by atoms with van der Waals surface area (Å²) in [5.41, 5.74) is 1.32. The van der Waals surface area contributed by atoms with Gasteiger partial charge >= 0.3 is 5.97 Å². The molecule has 0 atom stereocenters. The Kier molecular flexibility index (Phi) is 2.86. The van der Waals surface area contributed by atoms with Gasteiger partial charge in [0.1, 0.15) is 0 Å². The van der Waals surface area contributed by atoms with E-state index >= 15 is 0 Å². The first-order valence-electron chi connectivity index (χ1n) is 6.28. The third-order valence-electron chi connectivity index (χ3n) is 3.79. The normalized spacial score (nSPS) is 25.3. The van der Waals surface area contributed by atoms with Gasteiger partial charge in [0.2, 0.25) is 0 Å². The molecule has 0 bridgehead atoms. The molecule has 96 valence electrons. The Bertz CT molecular complexity index is 481. The lowest BCUT2D eigenvalue weighted by molar-refractivity contribution is -0.145. The second kappa shape index (κ2) is 4.39. The predicted octanol–water partition coefficient (Wildman–Crippen LogP) is 1.83. The second-order valence-corrected chi connectivity index (χ2v) is 6.23. The Morgan fingerprint density at radius 3 is 2.78 bits per heavy atom. The molecule has 0 saturated heterocycles. The number of amides is 1. The van der Waals surface area contributed by atoms with Crippen molar-refractivity contribution >= 4 is 23.2 Å². The molecule has 3 rings (SSSR count). The van der Waals surface area contributed by atoms with E-state index in [-0.39, 0.29) is 17.9 Å². The van der Waals surface area contributed by atoms with Crippen molar-refractivity contribution in [2.45, 2.75) is 38.1 Å². The van der Waals surface area contributed by atoms with Crippen LogP contribution in [0.15, 0.2) is 6.07 Å². The van der Waals surface area contributed by atoms with Crippen molar-refractivity contribution < 1.29 is 14.7 Å². The molecule has 2 N–H and O–H groups in total. The molecule has 1 aromatic rings. The Morgan fingerprint density at radius 2 is 2.11 bits per heavy atom. The first-order chi connectivity index (χ1) is 8.63. The molecule has 1 amide bonds. The lowest BCUT2D eigenvalue weighted by Crippen LogP contribution is -2.46. The van der Waals surface area contributed by atoms with Crippen LogP contribution in [-0.2, 0) is 17.6 Å². The van der Waals surface area contributed by atoms with Crippen molar-refractivity contribution in [3.05, 3.63) is 21.4 Å². The standard InChI is InChI=1S/C13H15NO3S/c15-12(14-9-4-8(5-9)13(16)17)11-6-7-2-1-3-10(7)18-11/h6,8-9H,1-5H2,(H,14,15)(H,16,17). The number of nitrogens with one attached hydrogen (secondary N) is 1. The molecule has 4 nitrogen and oxygen atoms in total. The minimum absolute atomic E-state index is 0.0375. The van der Waals surface area contributed by atoms with Gasteiger partial charge < -0.3 is 10.4 Å². The van der Waals surface area contributed by atoms with Crippen molar-refractivity contribution in [1.29, 1.82) is 0 Å². The smallest absolute Gasteiger partial charge is 0.306 e. The summed E-state index contributed by atoms with van der Waals surface area (Å²) < 4.78 is 0. The Balaban J connectivity index is 1.57. The zero-order valence-electron chi connectivity index (χ0n) is 9.94. The van der Waals surface area contributed by atoms with Gasteiger partial charge in [-0.1, -0.05) is 0 Å². The first-order valence-corrected chi connectivity index (χ1v) is 7.10. The minimum atomic E-state index is -0.754. The SMILES string of the molecule is O=C(NC1CC(C(=O)O)C1)c1cc2c(s1)CCC2.